The molecule has 1 heterocycles. The SMILES string of the molecule is COc1ccc(CC(=O)Nc2nc(-c3ccccc3)cs2)cc1. The topological polar surface area (TPSA) is 51.2 Å². The van der Waals surface area contributed by atoms with Gasteiger partial charge in [-0.15, -0.1) is 11.3 Å². The van der Waals surface area contributed by atoms with Crippen LogP contribution in [0.25, 0.3) is 11.3 Å². The van der Waals surface area contributed by atoms with Gasteiger partial charge in [0.1, 0.15) is 5.75 Å². The summed E-state index contributed by atoms with van der Waals surface area (Å²) < 4.78 is 5.11. The number of hydrogen-bond donors (Lipinski definition) is 1. The van der Waals surface area contributed by atoms with Crippen molar-refractivity contribution in [1.29, 1.82) is 0 Å². The van der Waals surface area contributed by atoms with E-state index in [1.54, 1.807) is 7.11 Å². The number of thiazole rings is 1. The van der Waals surface area contributed by atoms with Crippen LogP contribution in [-0.2, 0) is 11.2 Å². The van der Waals surface area contributed by atoms with Crippen LogP contribution < -0.4 is 10.1 Å². The molecule has 0 saturated heterocycles. The molecule has 1 N–H and O–H groups in total. The predicted octanol–water partition coefficient (Wildman–Crippen LogP) is 4.00. The lowest BCUT2D eigenvalue weighted by molar-refractivity contribution is -0.115. The minimum atomic E-state index is -0.0795. The molecule has 1 aromatic heterocycles. The highest BCUT2D eigenvalue weighted by Gasteiger charge is 2.08. The number of nitrogens with one attached hydrogen (secondary N) is 1. The van der Waals surface area contributed by atoms with Crippen molar-refractivity contribution < 1.29 is 9.53 Å². The summed E-state index contributed by atoms with van der Waals surface area (Å²) in [6.45, 7) is 0. The maximum Gasteiger partial charge on any atom is 0.230 e. The second-order valence-electron chi connectivity index (χ2n) is 4.98. The van der Waals surface area contributed by atoms with Crippen molar-refractivity contribution in [3.05, 3.63) is 65.5 Å². The molecular formula is C18H16N2O2S. The number of carbonyl (C=O) groups is 1. The molecule has 116 valence electrons. The molecule has 0 saturated carbocycles. The van der Waals surface area contributed by atoms with E-state index >= 15 is 0 Å². The van der Waals surface area contributed by atoms with Crippen molar-refractivity contribution in [2.24, 2.45) is 0 Å². The Morgan fingerprint density at radius 1 is 1.13 bits per heavy atom. The van der Waals surface area contributed by atoms with Gasteiger partial charge in [-0.3, -0.25) is 4.79 Å². The first kappa shape index (κ1) is 15.2. The van der Waals surface area contributed by atoms with E-state index in [2.05, 4.69) is 10.3 Å². The van der Waals surface area contributed by atoms with Crippen molar-refractivity contribution in [3.63, 3.8) is 0 Å². The number of aromatic nitrogens is 1. The predicted molar refractivity (Wildman–Crippen MR) is 92.9 cm³/mol. The minimum absolute atomic E-state index is 0.0795. The lowest BCUT2D eigenvalue weighted by Crippen LogP contribution is -2.14. The van der Waals surface area contributed by atoms with Gasteiger partial charge in [0.05, 0.1) is 19.2 Å². The third kappa shape index (κ3) is 3.96. The molecule has 0 aliphatic carbocycles. The highest BCUT2D eigenvalue weighted by Crippen LogP contribution is 2.24. The number of carbonyl (C=O) groups excluding carboxylic acids is 1. The fraction of sp³-hybridized carbons (Fsp3) is 0.111. The molecule has 0 atom stereocenters. The number of amides is 1. The first-order valence-electron chi connectivity index (χ1n) is 7.18. The van der Waals surface area contributed by atoms with Crippen molar-refractivity contribution in [2.45, 2.75) is 6.42 Å². The molecule has 0 radical (unpaired) electrons. The van der Waals surface area contributed by atoms with Gasteiger partial charge in [0.25, 0.3) is 0 Å². The quantitative estimate of drug-likeness (QED) is 0.772. The summed E-state index contributed by atoms with van der Waals surface area (Å²) in [5.74, 6) is 0.700. The first-order valence-corrected chi connectivity index (χ1v) is 8.06. The molecule has 2 aromatic carbocycles. The van der Waals surface area contributed by atoms with Crippen LogP contribution in [0.3, 0.4) is 0 Å². The Hall–Kier alpha value is -2.66. The van der Waals surface area contributed by atoms with Gasteiger partial charge in [-0.2, -0.15) is 0 Å². The number of rotatable bonds is 5. The monoisotopic (exact) mass is 324 g/mol. The lowest BCUT2D eigenvalue weighted by atomic mass is 10.1. The van der Waals surface area contributed by atoms with Gasteiger partial charge >= 0.3 is 0 Å². The van der Waals surface area contributed by atoms with E-state index in [1.165, 1.54) is 11.3 Å². The zero-order chi connectivity index (χ0) is 16.1. The van der Waals surface area contributed by atoms with E-state index in [0.717, 1.165) is 22.6 Å². The Kier molecular flexibility index (Phi) is 4.68. The van der Waals surface area contributed by atoms with Gasteiger partial charge in [0.15, 0.2) is 5.13 Å². The minimum Gasteiger partial charge on any atom is -0.497 e. The van der Waals surface area contributed by atoms with E-state index in [1.807, 2.05) is 60.0 Å². The number of nitrogens with zero attached hydrogens (tertiary/aromatic N) is 1. The third-order valence-electron chi connectivity index (χ3n) is 3.34. The van der Waals surface area contributed by atoms with E-state index in [-0.39, 0.29) is 5.91 Å². The van der Waals surface area contributed by atoms with Gasteiger partial charge in [-0.05, 0) is 17.7 Å². The van der Waals surface area contributed by atoms with Crippen molar-refractivity contribution in [3.8, 4) is 17.0 Å². The largest absolute Gasteiger partial charge is 0.497 e. The Balaban J connectivity index is 1.63. The molecule has 0 spiro atoms. The van der Waals surface area contributed by atoms with Crippen LogP contribution in [0.2, 0.25) is 0 Å². The van der Waals surface area contributed by atoms with Crippen molar-refractivity contribution in [2.75, 3.05) is 12.4 Å². The van der Waals surface area contributed by atoms with Gasteiger partial charge < -0.3 is 10.1 Å². The number of methoxy groups -OCH3 is 1. The van der Waals surface area contributed by atoms with Crippen LogP contribution in [0.15, 0.2) is 60.0 Å². The lowest BCUT2D eigenvalue weighted by Gasteiger charge is -2.03. The van der Waals surface area contributed by atoms with Gasteiger partial charge in [-0.25, -0.2) is 4.98 Å². The second-order valence-corrected chi connectivity index (χ2v) is 5.84. The molecular weight excluding hydrogens is 308 g/mol. The maximum atomic E-state index is 12.1. The summed E-state index contributed by atoms with van der Waals surface area (Å²) in [6.07, 6.45) is 0.310. The molecule has 0 unspecified atom stereocenters. The van der Waals surface area contributed by atoms with Crippen LogP contribution in [0, 0.1) is 0 Å². The molecule has 3 rings (SSSR count). The average Bonchev–Trinajstić information content (AvgIpc) is 3.04. The molecule has 0 bridgehead atoms. The van der Waals surface area contributed by atoms with Crippen LogP contribution in [-0.4, -0.2) is 18.0 Å². The Labute approximate surface area is 138 Å². The van der Waals surface area contributed by atoms with Crippen LogP contribution in [0.4, 0.5) is 5.13 Å². The van der Waals surface area contributed by atoms with Gasteiger partial charge in [-0.1, -0.05) is 42.5 Å². The highest BCUT2D eigenvalue weighted by atomic mass is 32.1. The summed E-state index contributed by atoms with van der Waals surface area (Å²) in [7, 11) is 1.62. The first-order chi connectivity index (χ1) is 11.2. The van der Waals surface area contributed by atoms with Crippen LogP contribution >= 0.6 is 11.3 Å². The molecule has 0 aliphatic heterocycles. The number of hydrogen-bond acceptors (Lipinski definition) is 4. The zero-order valence-corrected chi connectivity index (χ0v) is 13.5. The summed E-state index contributed by atoms with van der Waals surface area (Å²) >= 11 is 1.43. The van der Waals surface area contributed by atoms with E-state index in [9.17, 15) is 4.79 Å². The summed E-state index contributed by atoms with van der Waals surface area (Å²) in [6, 6.07) is 17.4. The van der Waals surface area contributed by atoms with Crippen molar-refractivity contribution in [1.82, 2.24) is 4.98 Å². The molecule has 3 aromatic rings. The zero-order valence-electron chi connectivity index (χ0n) is 12.7. The van der Waals surface area contributed by atoms with Crippen LogP contribution in [0.5, 0.6) is 5.75 Å². The fourth-order valence-electron chi connectivity index (χ4n) is 2.16. The van der Waals surface area contributed by atoms with Gasteiger partial charge in [0, 0.05) is 10.9 Å². The smallest absolute Gasteiger partial charge is 0.230 e. The average molecular weight is 324 g/mol. The third-order valence-corrected chi connectivity index (χ3v) is 4.10. The van der Waals surface area contributed by atoms with Crippen molar-refractivity contribution >= 4 is 22.4 Å². The number of benzene rings is 2. The summed E-state index contributed by atoms with van der Waals surface area (Å²) in [5, 5.41) is 5.40. The van der Waals surface area contributed by atoms with Gasteiger partial charge in [0.2, 0.25) is 5.91 Å². The molecule has 5 heteroatoms. The molecule has 4 nitrogen and oxygen atoms in total. The Morgan fingerprint density at radius 3 is 2.57 bits per heavy atom. The highest BCUT2D eigenvalue weighted by molar-refractivity contribution is 7.14. The molecule has 23 heavy (non-hydrogen) atoms. The number of anilines is 1. The van der Waals surface area contributed by atoms with E-state index < -0.39 is 0 Å². The van der Waals surface area contributed by atoms with E-state index in [4.69, 9.17) is 4.74 Å². The molecule has 0 aliphatic rings. The second kappa shape index (κ2) is 7.07. The normalized spacial score (nSPS) is 10.3. The fourth-order valence-corrected chi connectivity index (χ4v) is 2.90. The maximum absolute atomic E-state index is 12.1. The summed E-state index contributed by atoms with van der Waals surface area (Å²) in [5.41, 5.74) is 2.85. The Morgan fingerprint density at radius 2 is 1.87 bits per heavy atom. The standard InChI is InChI=1S/C18H16N2O2S/c1-22-15-9-7-13(8-10-15)11-17(21)20-18-19-16(12-23-18)14-5-3-2-4-6-14/h2-10,12H,11H2,1H3,(H,19,20,21). The summed E-state index contributed by atoms with van der Waals surface area (Å²) in [4.78, 5) is 16.6. The van der Waals surface area contributed by atoms with Crippen LogP contribution in [0.1, 0.15) is 5.56 Å². The molecule has 1 amide bonds. The Bertz CT molecular complexity index is 782. The van der Waals surface area contributed by atoms with E-state index in [0.29, 0.717) is 11.6 Å². The number of ether oxygens (including phenoxy) is 1. The molecule has 0 fully saturated rings.